The first-order valence-corrected chi connectivity index (χ1v) is 6.25. The van der Waals surface area contributed by atoms with E-state index in [0.717, 1.165) is 19.4 Å². The van der Waals surface area contributed by atoms with E-state index in [9.17, 15) is 9.90 Å². The minimum Gasteiger partial charge on any atom is -0.481 e. The number of likely N-dealkylation sites (tertiary alicyclic amines) is 1. The van der Waals surface area contributed by atoms with E-state index in [0.29, 0.717) is 6.04 Å². The van der Waals surface area contributed by atoms with E-state index < -0.39 is 12.1 Å². The van der Waals surface area contributed by atoms with Crippen molar-refractivity contribution in [2.24, 2.45) is 0 Å². The molecule has 1 fully saturated rings. The fraction of sp³-hybridized carbons (Fsp3) is 0.917. The molecule has 0 bridgehead atoms. The van der Waals surface area contributed by atoms with Crippen molar-refractivity contribution in [2.75, 3.05) is 19.8 Å². The van der Waals surface area contributed by atoms with Crippen molar-refractivity contribution >= 4 is 5.97 Å². The lowest BCUT2D eigenvalue weighted by Gasteiger charge is -2.31. The lowest BCUT2D eigenvalue weighted by Crippen LogP contribution is -2.44. The molecule has 1 aliphatic heterocycles. The van der Waals surface area contributed by atoms with E-state index in [1.807, 2.05) is 0 Å². The van der Waals surface area contributed by atoms with Gasteiger partial charge in [-0.3, -0.25) is 9.69 Å². The highest BCUT2D eigenvalue weighted by Gasteiger charge is 2.31. The van der Waals surface area contributed by atoms with Crippen molar-refractivity contribution in [3.63, 3.8) is 0 Å². The summed E-state index contributed by atoms with van der Waals surface area (Å²) in [5.74, 6) is -0.871. The van der Waals surface area contributed by atoms with Crippen molar-refractivity contribution in [3.05, 3.63) is 0 Å². The normalized spacial score (nSPS) is 23.2. The summed E-state index contributed by atoms with van der Waals surface area (Å²) in [6, 6.07) is 0.580. The van der Waals surface area contributed by atoms with Crippen LogP contribution in [-0.4, -0.2) is 59.0 Å². The van der Waals surface area contributed by atoms with E-state index >= 15 is 0 Å². The van der Waals surface area contributed by atoms with Gasteiger partial charge in [0, 0.05) is 12.1 Å². The van der Waals surface area contributed by atoms with Crippen molar-refractivity contribution in [1.82, 2.24) is 4.90 Å². The highest BCUT2D eigenvalue weighted by atomic mass is 16.5. The molecule has 0 unspecified atom stereocenters. The highest BCUT2D eigenvalue weighted by molar-refractivity contribution is 5.66. The number of carboxylic acids is 1. The first-order valence-electron chi connectivity index (χ1n) is 6.25. The molecule has 0 radical (unpaired) electrons. The molecular formula is C12H23NO4. The molecule has 1 saturated heterocycles. The predicted octanol–water partition coefficient (Wildman–Crippen LogP) is 0.711. The van der Waals surface area contributed by atoms with Gasteiger partial charge in [0.25, 0.3) is 0 Å². The Balaban J connectivity index is 2.26. The molecule has 100 valence electrons. The molecule has 2 N–H and O–H groups in total. The molecule has 0 aromatic carbocycles. The van der Waals surface area contributed by atoms with Crippen LogP contribution in [0.3, 0.4) is 0 Å². The predicted molar refractivity (Wildman–Crippen MR) is 63.9 cm³/mol. The number of hydrogen-bond acceptors (Lipinski definition) is 4. The van der Waals surface area contributed by atoms with Gasteiger partial charge in [0.15, 0.2) is 0 Å². The molecule has 5 nitrogen and oxygen atoms in total. The summed E-state index contributed by atoms with van der Waals surface area (Å²) in [6.45, 7) is 5.66. The monoisotopic (exact) mass is 245 g/mol. The van der Waals surface area contributed by atoms with Gasteiger partial charge in [-0.25, -0.2) is 0 Å². The molecular weight excluding hydrogens is 222 g/mol. The number of nitrogens with zero attached hydrogens (tertiary/aromatic N) is 1. The molecule has 0 saturated carbocycles. The third-order valence-corrected chi connectivity index (χ3v) is 3.20. The average Bonchev–Trinajstić information content (AvgIpc) is 2.72. The second kappa shape index (κ2) is 6.93. The van der Waals surface area contributed by atoms with Gasteiger partial charge in [0.05, 0.1) is 25.7 Å². The summed E-state index contributed by atoms with van der Waals surface area (Å²) < 4.78 is 5.19. The lowest BCUT2D eigenvalue weighted by atomic mass is 10.1. The summed E-state index contributed by atoms with van der Waals surface area (Å²) in [5.41, 5.74) is 0. The van der Waals surface area contributed by atoms with Crippen LogP contribution in [-0.2, 0) is 9.53 Å². The van der Waals surface area contributed by atoms with Crippen LogP contribution in [0.2, 0.25) is 0 Å². The van der Waals surface area contributed by atoms with Crippen molar-refractivity contribution < 1.29 is 19.7 Å². The van der Waals surface area contributed by atoms with E-state index in [1.54, 1.807) is 0 Å². The Morgan fingerprint density at radius 3 is 2.82 bits per heavy atom. The Labute approximate surface area is 102 Å². The average molecular weight is 245 g/mol. The zero-order valence-corrected chi connectivity index (χ0v) is 10.6. The number of ether oxygens (including phenoxy) is 1. The molecule has 0 aliphatic carbocycles. The molecule has 2 atom stereocenters. The minimum absolute atomic E-state index is 0.00865. The van der Waals surface area contributed by atoms with Gasteiger partial charge in [-0.05, 0) is 33.2 Å². The van der Waals surface area contributed by atoms with E-state index in [2.05, 4.69) is 18.7 Å². The standard InChI is InChI=1S/C12H23NO4/c1-9(2)13-6-3-4-10(13)11(14)8-17-7-5-12(15)16/h9-11,14H,3-8H2,1-2H3,(H,15,16)/t10-,11-/m0/s1. The maximum atomic E-state index is 10.3. The summed E-state index contributed by atoms with van der Waals surface area (Å²) in [6.07, 6.45) is 1.57. The van der Waals surface area contributed by atoms with Gasteiger partial charge in [0.2, 0.25) is 0 Å². The number of aliphatic carboxylic acids is 1. The Morgan fingerprint density at radius 2 is 2.24 bits per heavy atom. The quantitative estimate of drug-likeness (QED) is 0.646. The van der Waals surface area contributed by atoms with E-state index in [1.165, 1.54) is 0 Å². The topological polar surface area (TPSA) is 70.0 Å². The lowest BCUT2D eigenvalue weighted by molar-refractivity contribution is -0.138. The maximum Gasteiger partial charge on any atom is 0.305 e. The van der Waals surface area contributed by atoms with Crippen LogP contribution in [0.1, 0.15) is 33.1 Å². The Hall–Kier alpha value is -0.650. The van der Waals surface area contributed by atoms with Crippen LogP contribution in [0.4, 0.5) is 0 Å². The summed E-state index contributed by atoms with van der Waals surface area (Å²) in [4.78, 5) is 12.6. The summed E-state index contributed by atoms with van der Waals surface area (Å²) in [5, 5.41) is 18.5. The smallest absolute Gasteiger partial charge is 0.305 e. The van der Waals surface area contributed by atoms with Crippen molar-refractivity contribution in [2.45, 2.75) is 51.3 Å². The van der Waals surface area contributed by atoms with Crippen molar-refractivity contribution in [3.8, 4) is 0 Å². The zero-order chi connectivity index (χ0) is 12.8. The zero-order valence-electron chi connectivity index (χ0n) is 10.6. The number of carbonyl (C=O) groups is 1. The van der Waals surface area contributed by atoms with Crippen molar-refractivity contribution in [1.29, 1.82) is 0 Å². The third-order valence-electron chi connectivity index (χ3n) is 3.20. The summed E-state index contributed by atoms with van der Waals surface area (Å²) in [7, 11) is 0. The molecule has 1 heterocycles. The molecule has 17 heavy (non-hydrogen) atoms. The maximum absolute atomic E-state index is 10.3. The summed E-state index contributed by atoms with van der Waals surface area (Å²) >= 11 is 0. The van der Waals surface area contributed by atoms with Crippen LogP contribution in [0, 0.1) is 0 Å². The Bertz CT molecular complexity index is 245. The van der Waals surface area contributed by atoms with Crippen LogP contribution >= 0.6 is 0 Å². The molecule has 0 aromatic rings. The van der Waals surface area contributed by atoms with Crippen LogP contribution in [0.25, 0.3) is 0 Å². The van der Waals surface area contributed by atoms with Gasteiger partial charge in [-0.15, -0.1) is 0 Å². The van der Waals surface area contributed by atoms with Gasteiger partial charge in [-0.1, -0.05) is 0 Å². The number of aliphatic hydroxyl groups excluding tert-OH is 1. The van der Waals surface area contributed by atoms with E-state index in [4.69, 9.17) is 9.84 Å². The third kappa shape index (κ3) is 4.61. The minimum atomic E-state index is -0.871. The van der Waals surface area contributed by atoms with Gasteiger partial charge in [-0.2, -0.15) is 0 Å². The van der Waals surface area contributed by atoms with Gasteiger partial charge in [0.1, 0.15) is 0 Å². The second-order valence-electron chi connectivity index (χ2n) is 4.83. The number of rotatable bonds is 7. The fourth-order valence-corrected chi connectivity index (χ4v) is 2.34. The molecule has 0 spiro atoms. The Morgan fingerprint density at radius 1 is 1.53 bits per heavy atom. The second-order valence-corrected chi connectivity index (χ2v) is 4.83. The van der Waals surface area contributed by atoms with Gasteiger partial charge < -0.3 is 14.9 Å². The molecule has 1 aliphatic rings. The van der Waals surface area contributed by atoms with Crippen LogP contribution < -0.4 is 0 Å². The largest absolute Gasteiger partial charge is 0.481 e. The fourth-order valence-electron chi connectivity index (χ4n) is 2.34. The molecule has 0 amide bonds. The highest BCUT2D eigenvalue weighted by Crippen LogP contribution is 2.22. The Kier molecular flexibility index (Phi) is 5.88. The van der Waals surface area contributed by atoms with E-state index in [-0.39, 0.29) is 25.7 Å². The molecule has 0 aromatic heterocycles. The number of aliphatic hydroxyl groups is 1. The first kappa shape index (κ1) is 14.4. The van der Waals surface area contributed by atoms with Gasteiger partial charge >= 0.3 is 5.97 Å². The van der Waals surface area contributed by atoms with Crippen LogP contribution in [0.5, 0.6) is 0 Å². The number of hydrogen-bond donors (Lipinski definition) is 2. The number of carboxylic acid groups (broad SMARTS) is 1. The molecule has 1 rings (SSSR count). The molecule has 5 heteroatoms. The van der Waals surface area contributed by atoms with Crippen LogP contribution in [0.15, 0.2) is 0 Å². The first-order chi connectivity index (χ1) is 8.02. The SMILES string of the molecule is CC(C)N1CCC[C@H]1[C@@H](O)COCCC(=O)O.